The number of carboxylic acid groups (broad SMARTS) is 1. The minimum atomic E-state index is -3.84. The van der Waals surface area contributed by atoms with Gasteiger partial charge in [-0.1, -0.05) is 15.9 Å². The molecule has 1 saturated heterocycles. The molecule has 0 aromatic heterocycles. The third-order valence-corrected chi connectivity index (χ3v) is 5.67. The Kier molecular flexibility index (Phi) is 4.48. The van der Waals surface area contributed by atoms with Gasteiger partial charge in [-0.15, -0.1) is 0 Å². The number of ether oxygens (including phenoxy) is 1. The minimum Gasteiger partial charge on any atom is -0.480 e. The van der Waals surface area contributed by atoms with E-state index < -0.39 is 28.1 Å². The van der Waals surface area contributed by atoms with Crippen molar-refractivity contribution >= 4 is 31.9 Å². The van der Waals surface area contributed by atoms with Crippen LogP contribution in [0.2, 0.25) is 0 Å². The van der Waals surface area contributed by atoms with E-state index in [4.69, 9.17) is 4.74 Å². The highest BCUT2D eigenvalue weighted by Gasteiger charge is 2.44. The fourth-order valence-electron chi connectivity index (χ4n) is 2.17. The molecule has 2 atom stereocenters. The predicted octanol–water partition coefficient (Wildman–Crippen LogP) is 1.31. The number of halogens is 1. The van der Waals surface area contributed by atoms with Gasteiger partial charge < -0.3 is 9.84 Å². The molecule has 2 unspecified atom stereocenters. The van der Waals surface area contributed by atoms with E-state index in [2.05, 4.69) is 15.9 Å². The van der Waals surface area contributed by atoms with Crippen molar-refractivity contribution in [2.45, 2.75) is 23.5 Å². The van der Waals surface area contributed by atoms with Crippen LogP contribution in [0.4, 0.5) is 0 Å². The summed E-state index contributed by atoms with van der Waals surface area (Å²) in [6.45, 7) is 0.0475. The first-order chi connectivity index (χ1) is 9.36. The molecule has 0 saturated carbocycles. The van der Waals surface area contributed by atoms with Crippen LogP contribution in [0.1, 0.15) is 6.42 Å². The first-order valence-electron chi connectivity index (χ1n) is 5.89. The second kappa shape index (κ2) is 5.80. The fourth-order valence-corrected chi connectivity index (χ4v) is 4.06. The number of aliphatic carboxylic acids is 1. The lowest BCUT2D eigenvalue weighted by Crippen LogP contribution is -2.40. The van der Waals surface area contributed by atoms with E-state index in [1.54, 1.807) is 12.1 Å². The number of hydrogen-bond acceptors (Lipinski definition) is 4. The smallest absolute Gasteiger partial charge is 0.322 e. The second-order valence-corrected chi connectivity index (χ2v) is 7.28. The van der Waals surface area contributed by atoms with E-state index in [9.17, 15) is 18.3 Å². The Morgan fingerprint density at radius 1 is 1.40 bits per heavy atom. The summed E-state index contributed by atoms with van der Waals surface area (Å²) in [4.78, 5) is 11.3. The molecule has 6 nitrogen and oxygen atoms in total. The van der Waals surface area contributed by atoms with Gasteiger partial charge in [0.1, 0.15) is 6.04 Å². The number of nitrogens with zero attached hydrogens (tertiary/aromatic N) is 1. The number of sulfonamides is 1. The molecule has 0 radical (unpaired) electrons. The maximum atomic E-state index is 12.5. The number of carbonyl (C=O) groups is 1. The highest BCUT2D eigenvalue weighted by Crippen LogP contribution is 2.28. The zero-order valence-electron chi connectivity index (χ0n) is 10.7. The molecule has 1 aromatic carbocycles. The zero-order valence-corrected chi connectivity index (χ0v) is 13.1. The van der Waals surface area contributed by atoms with Gasteiger partial charge in [0.2, 0.25) is 10.0 Å². The molecular formula is C12H14BrNO5S. The molecule has 1 fully saturated rings. The third-order valence-electron chi connectivity index (χ3n) is 3.26. The van der Waals surface area contributed by atoms with Crippen molar-refractivity contribution in [1.82, 2.24) is 4.31 Å². The lowest BCUT2D eigenvalue weighted by molar-refractivity contribution is -0.140. The van der Waals surface area contributed by atoms with Crippen molar-refractivity contribution in [3.63, 3.8) is 0 Å². The number of methoxy groups -OCH3 is 1. The van der Waals surface area contributed by atoms with Crippen molar-refractivity contribution in [3.8, 4) is 0 Å². The minimum absolute atomic E-state index is 0.0475. The van der Waals surface area contributed by atoms with Crippen LogP contribution in [-0.2, 0) is 19.6 Å². The number of benzene rings is 1. The summed E-state index contributed by atoms with van der Waals surface area (Å²) in [5, 5.41) is 9.18. The van der Waals surface area contributed by atoms with Crippen molar-refractivity contribution in [1.29, 1.82) is 0 Å². The normalized spacial score (nSPS) is 23.9. The van der Waals surface area contributed by atoms with E-state index in [0.29, 0.717) is 0 Å². The molecule has 2 rings (SSSR count). The van der Waals surface area contributed by atoms with Crippen LogP contribution < -0.4 is 0 Å². The largest absolute Gasteiger partial charge is 0.480 e. The molecule has 0 spiro atoms. The average molecular weight is 364 g/mol. The van der Waals surface area contributed by atoms with Gasteiger partial charge in [-0.25, -0.2) is 8.42 Å². The summed E-state index contributed by atoms with van der Waals surface area (Å²) in [5.74, 6) is -1.16. The maximum Gasteiger partial charge on any atom is 0.322 e. The van der Waals surface area contributed by atoms with Crippen LogP contribution in [0.5, 0.6) is 0 Å². The van der Waals surface area contributed by atoms with E-state index in [0.717, 1.165) is 8.78 Å². The van der Waals surface area contributed by atoms with Crippen molar-refractivity contribution < 1.29 is 23.1 Å². The van der Waals surface area contributed by atoms with Crippen LogP contribution in [-0.4, -0.2) is 49.6 Å². The second-order valence-electron chi connectivity index (χ2n) is 4.48. The Morgan fingerprint density at radius 3 is 2.50 bits per heavy atom. The summed E-state index contributed by atoms with van der Waals surface area (Å²) >= 11 is 3.23. The van der Waals surface area contributed by atoms with E-state index in [1.807, 2.05) is 0 Å². The van der Waals surface area contributed by atoms with E-state index in [-0.39, 0.29) is 17.9 Å². The molecule has 1 N–H and O–H groups in total. The highest BCUT2D eigenvalue weighted by molar-refractivity contribution is 9.10. The molecule has 1 heterocycles. The van der Waals surface area contributed by atoms with Crippen molar-refractivity contribution in [3.05, 3.63) is 28.7 Å². The highest BCUT2D eigenvalue weighted by atomic mass is 79.9. The van der Waals surface area contributed by atoms with Crippen LogP contribution in [0.25, 0.3) is 0 Å². The Labute approximate surface area is 125 Å². The summed E-state index contributed by atoms with van der Waals surface area (Å²) in [7, 11) is -2.40. The zero-order chi connectivity index (χ0) is 14.9. The van der Waals surface area contributed by atoms with Gasteiger partial charge in [-0.05, 0) is 24.3 Å². The van der Waals surface area contributed by atoms with Gasteiger partial charge in [-0.3, -0.25) is 4.79 Å². The maximum absolute atomic E-state index is 12.5. The quantitative estimate of drug-likeness (QED) is 0.871. The summed E-state index contributed by atoms with van der Waals surface area (Å²) in [6.07, 6.45) is -0.247. The molecule has 1 aliphatic heterocycles. The van der Waals surface area contributed by atoms with Gasteiger partial charge in [-0.2, -0.15) is 4.31 Å². The van der Waals surface area contributed by atoms with Gasteiger partial charge in [0.05, 0.1) is 11.0 Å². The number of rotatable bonds is 4. The Bertz CT molecular complexity index is 601. The Balaban J connectivity index is 2.37. The standard InChI is InChI=1S/C12H14BrNO5S/c1-19-9-6-11(12(15)16)14(7-9)20(17,18)10-4-2-8(13)3-5-10/h2-5,9,11H,6-7H2,1H3,(H,15,16). The fraction of sp³-hybridized carbons (Fsp3) is 0.417. The number of hydrogen-bond donors (Lipinski definition) is 1. The Morgan fingerprint density at radius 2 is 2.00 bits per heavy atom. The van der Waals surface area contributed by atoms with Crippen LogP contribution in [0.15, 0.2) is 33.6 Å². The van der Waals surface area contributed by atoms with E-state index >= 15 is 0 Å². The molecule has 1 aliphatic rings. The summed E-state index contributed by atoms with van der Waals surface area (Å²) in [6, 6.07) is 5.00. The third kappa shape index (κ3) is 2.88. The van der Waals surface area contributed by atoms with Crippen LogP contribution in [0.3, 0.4) is 0 Å². The van der Waals surface area contributed by atoms with Crippen LogP contribution >= 0.6 is 15.9 Å². The first-order valence-corrected chi connectivity index (χ1v) is 8.12. The molecule has 110 valence electrons. The van der Waals surface area contributed by atoms with E-state index in [1.165, 1.54) is 19.2 Å². The SMILES string of the molecule is COC1CC(C(=O)O)N(S(=O)(=O)c2ccc(Br)cc2)C1. The van der Waals surface area contributed by atoms with Crippen LogP contribution in [0, 0.1) is 0 Å². The predicted molar refractivity (Wildman–Crippen MR) is 74.9 cm³/mol. The van der Waals surface area contributed by atoms with Gasteiger partial charge in [0.15, 0.2) is 0 Å². The van der Waals surface area contributed by atoms with Gasteiger partial charge in [0, 0.05) is 24.5 Å². The Hall–Kier alpha value is -0.960. The molecule has 0 aliphatic carbocycles. The molecule has 0 bridgehead atoms. The topological polar surface area (TPSA) is 83.9 Å². The lowest BCUT2D eigenvalue weighted by atomic mass is 10.2. The number of carboxylic acids is 1. The summed E-state index contributed by atoms with van der Waals surface area (Å²) < 4.78 is 31.9. The van der Waals surface area contributed by atoms with Crippen molar-refractivity contribution in [2.24, 2.45) is 0 Å². The van der Waals surface area contributed by atoms with Gasteiger partial charge in [0.25, 0.3) is 0 Å². The monoisotopic (exact) mass is 363 g/mol. The van der Waals surface area contributed by atoms with Crippen molar-refractivity contribution in [2.75, 3.05) is 13.7 Å². The average Bonchev–Trinajstić information content (AvgIpc) is 2.84. The van der Waals surface area contributed by atoms with Gasteiger partial charge >= 0.3 is 5.97 Å². The molecular weight excluding hydrogens is 350 g/mol. The lowest BCUT2D eigenvalue weighted by Gasteiger charge is -2.20. The first kappa shape index (κ1) is 15.4. The molecule has 0 amide bonds. The molecule has 1 aromatic rings. The molecule has 20 heavy (non-hydrogen) atoms. The molecule has 8 heteroatoms. The summed E-state index contributed by atoms with van der Waals surface area (Å²) in [5.41, 5.74) is 0.